The molecule has 0 rings (SSSR count). The Labute approximate surface area is 87.2 Å². The molecular formula is C8H16BrNOS. The lowest BCUT2D eigenvalue weighted by Gasteiger charge is -2.19. The fourth-order valence-corrected chi connectivity index (χ4v) is 1.72. The van der Waals surface area contributed by atoms with Crippen molar-refractivity contribution in [3.63, 3.8) is 0 Å². The molecule has 0 bridgehead atoms. The number of carbonyl (C=O) groups excluding carboxylic acids is 1. The molecule has 0 saturated heterocycles. The van der Waals surface area contributed by atoms with E-state index >= 15 is 0 Å². The van der Waals surface area contributed by atoms with Gasteiger partial charge in [0.05, 0.1) is 0 Å². The molecule has 0 saturated carbocycles. The van der Waals surface area contributed by atoms with Crippen molar-refractivity contribution in [2.75, 3.05) is 30.4 Å². The van der Waals surface area contributed by atoms with E-state index in [1.54, 1.807) is 11.8 Å². The molecule has 72 valence electrons. The van der Waals surface area contributed by atoms with Crippen LogP contribution in [0.15, 0.2) is 0 Å². The van der Waals surface area contributed by atoms with Crippen molar-refractivity contribution in [3.05, 3.63) is 0 Å². The molecule has 0 fully saturated rings. The van der Waals surface area contributed by atoms with E-state index in [2.05, 4.69) is 15.9 Å². The number of halogens is 1. The molecule has 2 nitrogen and oxygen atoms in total. The number of hydrogen-bond donors (Lipinski definition) is 0. The molecule has 0 aliphatic carbocycles. The molecule has 12 heavy (non-hydrogen) atoms. The van der Waals surface area contributed by atoms with Crippen LogP contribution < -0.4 is 0 Å². The van der Waals surface area contributed by atoms with Crippen LogP contribution in [0.2, 0.25) is 0 Å². The number of rotatable bonds is 6. The number of thioether (sulfide) groups is 1. The molecule has 0 atom stereocenters. The van der Waals surface area contributed by atoms with Gasteiger partial charge in [-0.15, -0.1) is 0 Å². The quantitative estimate of drug-likeness (QED) is 0.675. The second kappa shape index (κ2) is 7.92. The molecule has 0 unspecified atom stereocenters. The van der Waals surface area contributed by atoms with E-state index in [0.717, 1.165) is 24.2 Å². The van der Waals surface area contributed by atoms with Crippen LogP contribution in [0, 0.1) is 0 Å². The largest absolute Gasteiger partial charge is 0.342 e. The first-order valence-corrected chi connectivity index (χ1v) is 6.60. The van der Waals surface area contributed by atoms with Crippen LogP contribution in [0.4, 0.5) is 0 Å². The Bertz CT molecular complexity index is 132. The maximum Gasteiger partial charge on any atom is 0.223 e. The highest BCUT2D eigenvalue weighted by atomic mass is 79.9. The van der Waals surface area contributed by atoms with Crippen molar-refractivity contribution in [3.8, 4) is 0 Å². The molecule has 0 radical (unpaired) electrons. The third-order valence-corrected chi connectivity index (χ3v) is 2.58. The minimum atomic E-state index is 0.270. The molecule has 0 aliphatic rings. The monoisotopic (exact) mass is 253 g/mol. The number of hydrogen-bond acceptors (Lipinski definition) is 2. The minimum Gasteiger partial charge on any atom is -0.342 e. The van der Waals surface area contributed by atoms with E-state index in [9.17, 15) is 4.79 Å². The van der Waals surface area contributed by atoms with Crippen molar-refractivity contribution < 1.29 is 4.79 Å². The molecule has 0 aromatic carbocycles. The Hall–Kier alpha value is 0.300. The van der Waals surface area contributed by atoms with Gasteiger partial charge in [0, 0.05) is 30.6 Å². The SMILES string of the molecule is CCN(CCBr)C(=O)CCSC. The van der Waals surface area contributed by atoms with Gasteiger partial charge >= 0.3 is 0 Å². The number of nitrogens with zero attached hydrogens (tertiary/aromatic N) is 1. The van der Waals surface area contributed by atoms with E-state index in [4.69, 9.17) is 0 Å². The molecule has 1 amide bonds. The van der Waals surface area contributed by atoms with E-state index in [0.29, 0.717) is 6.42 Å². The molecule has 0 aromatic heterocycles. The maximum atomic E-state index is 11.4. The smallest absolute Gasteiger partial charge is 0.223 e. The molecule has 4 heteroatoms. The van der Waals surface area contributed by atoms with E-state index in [-0.39, 0.29) is 5.91 Å². The van der Waals surface area contributed by atoms with Crippen LogP contribution in [0.5, 0.6) is 0 Å². The van der Waals surface area contributed by atoms with Gasteiger partial charge in [-0.2, -0.15) is 11.8 Å². The van der Waals surface area contributed by atoms with Crippen LogP contribution in [0.25, 0.3) is 0 Å². The molecule has 0 aliphatic heterocycles. The molecular weight excluding hydrogens is 238 g/mol. The average molecular weight is 254 g/mol. The van der Waals surface area contributed by atoms with Crippen LogP contribution >= 0.6 is 27.7 Å². The van der Waals surface area contributed by atoms with E-state index in [1.165, 1.54) is 0 Å². The van der Waals surface area contributed by atoms with Crippen LogP contribution in [0.1, 0.15) is 13.3 Å². The lowest BCUT2D eigenvalue weighted by Crippen LogP contribution is -2.32. The first-order chi connectivity index (χ1) is 5.76. The van der Waals surface area contributed by atoms with Crippen molar-refractivity contribution in [1.29, 1.82) is 0 Å². The van der Waals surface area contributed by atoms with Gasteiger partial charge in [0.2, 0.25) is 5.91 Å². The van der Waals surface area contributed by atoms with Crippen molar-refractivity contribution in [2.45, 2.75) is 13.3 Å². The van der Waals surface area contributed by atoms with Gasteiger partial charge in [0.25, 0.3) is 0 Å². The average Bonchev–Trinajstić information content (AvgIpc) is 2.10. The number of carbonyl (C=O) groups is 1. The lowest BCUT2D eigenvalue weighted by atomic mass is 10.4. The summed E-state index contributed by atoms with van der Waals surface area (Å²) in [6.45, 7) is 3.65. The molecule has 0 N–H and O–H groups in total. The first kappa shape index (κ1) is 12.3. The highest BCUT2D eigenvalue weighted by Gasteiger charge is 2.08. The third kappa shape index (κ3) is 5.04. The van der Waals surface area contributed by atoms with Gasteiger partial charge in [-0.25, -0.2) is 0 Å². The lowest BCUT2D eigenvalue weighted by molar-refractivity contribution is -0.130. The predicted molar refractivity (Wildman–Crippen MR) is 59.0 cm³/mol. The van der Waals surface area contributed by atoms with Gasteiger partial charge in [-0.05, 0) is 13.2 Å². The second-order valence-corrected chi connectivity index (χ2v) is 4.18. The highest BCUT2D eigenvalue weighted by Crippen LogP contribution is 2.01. The second-order valence-electron chi connectivity index (χ2n) is 2.41. The summed E-state index contributed by atoms with van der Waals surface area (Å²) in [7, 11) is 0. The number of amides is 1. The predicted octanol–water partition coefficient (Wildman–Crippen LogP) is 1.98. The summed E-state index contributed by atoms with van der Waals surface area (Å²) in [6.07, 6.45) is 2.69. The topological polar surface area (TPSA) is 20.3 Å². The van der Waals surface area contributed by atoms with Crippen LogP contribution in [0.3, 0.4) is 0 Å². The number of alkyl halides is 1. The van der Waals surface area contributed by atoms with Gasteiger partial charge in [-0.1, -0.05) is 15.9 Å². The molecule has 0 spiro atoms. The Morgan fingerprint density at radius 2 is 2.25 bits per heavy atom. The zero-order valence-corrected chi connectivity index (χ0v) is 10.1. The van der Waals surface area contributed by atoms with Gasteiger partial charge in [0.1, 0.15) is 0 Å². The Balaban J connectivity index is 3.69. The molecule has 0 aromatic rings. The van der Waals surface area contributed by atoms with Crippen LogP contribution in [-0.2, 0) is 4.79 Å². The molecule has 0 heterocycles. The first-order valence-electron chi connectivity index (χ1n) is 4.09. The maximum absolute atomic E-state index is 11.4. The van der Waals surface area contributed by atoms with Crippen molar-refractivity contribution in [2.24, 2.45) is 0 Å². The zero-order chi connectivity index (χ0) is 9.40. The van der Waals surface area contributed by atoms with Crippen molar-refractivity contribution >= 4 is 33.6 Å². The summed E-state index contributed by atoms with van der Waals surface area (Å²) >= 11 is 5.04. The third-order valence-electron chi connectivity index (χ3n) is 1.61. The normalized spacial score (nSPS) is 9.92. The summed E-state index contributed by atoms with van der Waals surface area (Å²) in [6, 6.07) is 0. The van der Waals surface area contributed by atoms with Crippen LogP contribution in [-0.4, -0.2) is 41.2 Å². The Morgan fingerprint density at radius 1 is 1.58 bits per heavy atom. The fraction of sp³-hybridized carbons (Fsp3) is 0.875. The van der Waals surface area contributed by atoms with E-state index in [1.807, 2.05) is 18.1 Å². The summed E-state index contributed by atoms with van der Waals surface area (Å²) in [5.41, 5.74) is 0. The van der Waals surface area contributed by atoms with Crippen molar-refractivity contribution in [1.82, 2.24) is 4.90 Å². The summed E-state index contributed by atoms with van der Waals surface area (Å²) in [4.78, 5) is 13.3. The van der Waals surface area contributed by atoms with Gasteiger partial charge < -0.3 is 4.90 Å². The Kier molecular flexibility index (Phi) is 8.12. The Morgan fingerprint density at radius 3 is 2.67 bits per heavy atom. The van der Waals surface area contributed by atoms with Gasteiger partial charge in [0.15, 0.2) is 0 Å². The standard InChI is InChI=1S/C8H16BrNOS/c1-3-10(6-5-9)8(11)4-7-12-2/h3-7H2,1-2H3. The van der Waals surface area contributed by atoms with E-state index < -0.39 is 0 Å². The zero-order valence-electron chi connectivity index (χ0n) is 7.68. The summed E-state index contributed by atoms with van der Waals surface area (Å²) in [5.74, 6) is 1.20. The fourth-order valence-electron chi connectivity index (χ4n) is 0.909. The minimum absolute atomic E-state index is 0.270. The van der Waals surface area contributed by atoms with Gasteiger partial charge in [-0.3, -0.25) is 4.79 Å². The summed E-state index contributed by atoms with van der Waals surface area (Å²) in [5, 5.41) is 0.867. The highest BCUT2D eigenvalue weighted by molar-refractivity contribution is 9.09. The summed E-state index contributed by atoms with van der Waals surface area (Å²) < 4.78 is 0.